The van der Waals surface area contributed by atoms with E-state index in [9.17, 15) is 0 Å². The molecule has 0 amide bonds. The predicted octanol–water partition coefficient (Wildman–Crippen LogP) is 13.9. The Balaban J connectivity index is 0.975. The zero-order chi connectivity index (χ0) is 44.6. The van der Waals surface area contributed by atoms with Gasteiger partial charge in [-0.05, 0) is 40.2 Å². The number of aromatic nitrogens is 5. The molecule has 2 aliphatic heterocycles. The van der Waals surface area contributed by atoms with Crippen molar-refractivity contribution < 1.29 is 24.1 Å². The van der Waals surface area contributed by atoms with E-state index in [0.29, 0.717) is 11.6 Å². The first-order valence-corrected chi connectivity index (χ1v) is 23.8. The zero-order valence-corrected chi connectivity index (χ0v) is 40.0. The number of fused-ring (bicyclic) bond motifs is 3. The molecule has 7 heteroatoms. The number of nitrogens with zero attached hydrogens (tertiary/aromatic N) is 5. The molecule has 324 valence electrons. The minimum atomic E-state index is 0.0930. The molecule has 0 fully saturated rings. The van der Waals surface area contributed by atoms with Crippen LogP contribution in [-0.4, -0.2) is 23.5 Å². The van der Waals surface area contributed by atoms with Crippen molar-refractivity contribution in [2.24, 2.45) is 0 Å². The van der Waals surface area contributed by atoms with E-state index < -0.39 is 0 Å². The summed E-state index contributed by atoms with van der Waals surface area (Å²) in [6, 6.07) is 48.3. The molecular weight excluding hydrogens is 978 g/mol. The molecule has 0 atom stereocenters. The Morgan fingerprint density at radius 1 is 0.600 bits per heavy atom. The molecule has 0 saturated carbocycles. The van der Waals surface area contributed by atoms with Gasteiger partial charge in [-0.15, -0.1) is 0 Å². The second kappa shape index (κ2) is 16.1. The summed E-state index contributed by atoms with van der Waals surface area (Å²) in [6.45, 7) is 13.5. The first-order chi connectivity index (χ1) is 31.5. The van der Waals surface area contributed by atoms with Crippen molar-refractivity contribution >= 4 is 27.3 Å². The van der Waals surface area contributed by atoms with E-state index >= 15 is 0 Å². The van der Waals surface area contributed by atoms with Gasteiger partial charge < -0.3 is 0 Å². The Labute approximate surface area is 391 Å². The van der Waals surface area contributed by atoms with Crippen LogP contribution in [0.1, 0.15) is 65.4 Å². The molecule has 65 heavy (non-hydrogen) atoms. The van der Waals surface area contributed by atoms with Crippen molar-refractivity contribution in [1.29, 1.82) is 0 Å². The van der Waals surface area contributed by atoms with E-state index in [-0.39, 0.29) is 5.41 Å². The van der Waals surface area contributed by atoms with Crippen LogP contribution in [-0.2, 0) is 50.5 Å². The third-order valence-corrected chi connectivity index (χ3v) is 14.8. The van der Waals surface area contributed by atoms with Gasteiger partial charge in [-0.25, -0.2) is 0 Å². The smallest absolute Gasteiger partial charge is 0.0579 e. The van der Waals surface area contributed by atoms with Crippen LogP contribution in [0.25, 0.3) is 61.1 Å². The van der Waals surface area contributed by atoms with E-state index in [1.54, 1.807) is 0 Å². The fourth-order valence-electron chi connectivity index (χ4n) is 9.82. The van der Waals surface area contributed by atoms with Crippen LogP contribution in [0.2, 0.25) is 0 Å². The number of hydrogen-bond acceptors (Lipinski definition) is 3. The zero-order valence-electron chi connectivity index (χ0n) is 37.7. The third kappa shape index (κ3) is 7.38. The summed E-state index contributed by atoms with van der Waals surface area (Å²) in [4.78, 5) is 9.90. The Morgan fingerprint density at radius 3 is 2.08 bits per heavy atom. The summed E-state index contributed by atoms with van der Waals surface area (Å²) in [5.41, 5.74) is 20.0. The van der Waals surface area contributed by atoms with Crippen LogP contribution in [0.3, 0.4) is 0 Å². The molecule has 6 nitrogen and oxygen atoms in total. The van der Waals surface area contributed by atoms with Gasteiger partial charge in [0.2, 0.25) is 0 Å². The number of rotatable bonds is 6. The molecule has 0 unspecified atom stereocenters. The monoisotopic (exact) mass is 1030 g/mol. The molecule has 4 bridgehead atoms. The molecule has 0 N–H and O–H groups in total. The van der Waals surface area contributed by atoms with Crippen LogP contribution in [0.5, 0.6) is 11.6 Å². The minimum Gasteiger partial charge on any atom is -0.0579 e. The van der Waals surface area contributed by atoms with E-state index in [2.05, 4.69) is 208 Å². The number of ether oxygens (including phenoxy) is 1. The molecule has 0 radical (unpaired) electrons. The molecule has 14 rings (SSSR count). The summed E-state index contributed by atoms with van der Waals surface area (Å²) in [7, 11) is 0. The fraction of sp³-hybridized carbons (Fsp3) is 0.190. The molecule has 0 spiro atoms. The molecule has 0 saturated heterocycles. The van der Waals surface area contributed by atoms with E-state index in [1.807, 2.05) is 18.5 Å². The van der Waals surface area contributed by atoms with Crippen molar-refractivity contribution in [3.8, 4) is 45.4 Å². The number of imidazole rings is 1. The molecule has 10 aromatic rings. The van der Waals surface area contributed by atoms with Crippen molar-refractivity contribution in [2.45, 2.75) is 72.6 Å². The second-order valence-corrected chi connectivity index (χ2v) is 19.7. The summed E-state index contributed by atoms with van der Waals surface area (Å²) in [5, 5.41) is 2.28. The van der Waals surface area contributed by atoms with Crippen LogP contribution >= 0.6 is 0 Å². The van der Waals surface area contributed by atoms with Gasteiger partial charge in [0.05, 0.1) is 0 Å². The number of aryl methyl sites for hydroxylation is 5. The van der Waals surface area contributed by atoms with Crippen molar-refractivity contribution in [1.82, 2.24) is 23.5 Å². The summed E-state index contributed by atoms with van der Waals surface area (Å²) >= 11 is 2.49. The average molecular weight is 1030 g/mol. The Kier molecular flexibility index (Phi) is 10.2. The molecule has 5 aromatic carbocycles. The van der Waals surface area contributed by atoms with Crippen LogP contribution < -0.4 is 4.74 Å². The van der Waals surface area contributed by atoms with Gasteiger partial charge in [0.1, 0.15) is 0 Å². The topological polar surface area (TPSA) is 49.3 Å². The van der Waals surface area contributed by atoms with Crippen molar-refractivity contribution in [2.75, 3.05) is 0 Å². The van der Waals surface area contributed by atoms with E-state index in [1.165, 1.54) is 55.7 Å². The van der Waals surface area contributed by atoms with E-state index in [0.717, 1.165) is 79.5 Å². The number of hydrogen-bond donors (Lipinski definition) is 0. The van der Waals surface area contributed by atoms with Gasteiger partial charge >= 0.3 is 260 Å². The SMILES string of the molecule is Cc1cc(-n2c3ccc(-c4ccccc4)cc3c3ccc(Oc4cc(-n5cc6c7ccc(n6[c]5=[Pt])CCc5ccc(c(C)c5C)CC7)ccn4)cc32)ncc1-c1ccc(C(C)(C)C)cc1. The molecule has 5 aromatic heterocycles. The van der Waals surface area contributed by atoms with Gasteiger partial charge in [-0.1, -0.05) is 81.4 Å². The average Bonchev–Trinajstić information content (AvgIpc) is 3.83. The Morgan fingerprint density at radius 2 is 1.32 bits per heavy atom. The summed E-state index contributed by atoms with van der Waals surface area (Å²) in [5.74, 6) is 2.09. The molecular formula is C58H51N5OPt. The fourth-order valence-corrected chi connectivity index (χ4v) is 10.9. The minimum absolute atomic E-state index is 0.0930. The number of pyridine rings is 3. The van der Waals surface area contributed by atoms with Gasteiger partial charge in [-0.3, -0.25) is 0 Å². The first-order valence-electron chi connectivity index (χ1n) is 22.6. The van der Waals surface area contributed by atoms with Crippen LogP contribution in [0, 0.1) is 24.6 Å². The molecule has 4 aliphatic rings. The van der Waals surface area contributed by atoms with Crippen molar-refractivity contribution in [3.63, 3.8) is 0 Å². The maximum absolute atomic E-state index is 6.70. The van der Waals surface area contributed by atoms with Gasteiger partial charge in [0.15, 0.2) is 0 Å². The Hall–Kier alpha value is -6.62. The second-order valence-electron chi connectivity index (χ2n) is 18.7. The quantitative estimate of drug-likeness (QED) is 0.167. The van der Waals surface area contributed by atoms with Gasteiger partial charge in [-0.2, -0.15) is 0 Å². The molecule has 2 aliphatic carbocycles. The van der Waals surface area contributed by atoms with Crippen LogP contribution in [0.4, 0.5) is 0 Å². The standard InChI is InChI=1S/C58H51N5O.Pt/c1-37-30-56(60-34-52(37)43-16-21-46(22-17-43)58(4,5)6)63-53-27-20-45(42-10-8-7-9-11-42)31-51(53)50-26-25-49(33-54(50)63)64-57-32-48(28-29-59-57)61-35-55-44-15-14-40-12-13-41(39(3)38(40)2)18-23-47(24-19-44)62(55)36-61;/h7-13,16-17,19-22,24-35H,14-15,18,23H2,1-6H3;. The predicted molar refractivity (Wildman–Crippen MR) is 261 cm³/mol. The van der Waals surface area contributed by atoms with E-state index in [4.69, 9.17) is 14.7 Å². The van der Waals surface area contributed by atoms with Gasteiger partial charge in [0.25, 0.3) is 0 Å². The van der Waals surface area contributed by atoms with Gasteiger partial charge in [0, 0.05) is 11.8 Å². The van der Waals surface area contributed by atoms with Crippen LogP contribution in [0.15, 0.2) is 152 Å². The molecule has 7 heterocycles. The maximum atomic E-state index is 6.70. The summed E-state index contributed by atoms with van der Waals surface area (Å²) < 4.78 is 14.8. The normalized spacial score (nSPS) is 12.9. The van der Waals surface area contributed by atoms with Crippen molar-refractivity contribution in [3.05, 3.63) is 200 Å². The third-order valence-electron chi connectivity index (χ3n) is 13.7. The Bertz CT molecular complexity index is 3550. The number of benzene rings is 5. The summed E-state index contributed by atoms with van der Waals surface area (Å²) in [6.07, 6.45) is 10.1. The first kappa shape index (κ1) is 41.1.